The number of nitrogens with zero attached hydrogens (tertiary/aromatic N) is 1. The highest BCUT2D eigenvalue weighted by atomic mass is 79.9. The van der Waals surface area contributed by atoms with Crippen molar-refractivity contribution in [3.63, 3.8) is 0 Å². The number of benzene rings is 1. The minimum Gasteiger partial charge on any atom is -0.345 e. The Hall–Kier alpha value is -1.27. The molecule has 0 bridgehead atoms. The number of aryl methyl sites for hydroxylation is 1. The number of hydrogen-bond donors (Lipinski definition) is 1. The van der Waals surface area contributed by atoms with E-state index in [2.05, 4.69) is 26.2 Å². The minimum absolute atomic E-state index is 0.0229. The maximum absolute atomic E-state index is 13.6. The lowest BCUT2D eigenvalue weighted by Gasteiger charge is -2.06. The van der Waals surface area contributed by atoms with Gasteiger partial charge in [-0.25, -0.2) is 9.37 Å². The van der Waals surface area contributed by atoms with E-state index in [1.807, 2.05) is 6.92 Å². The van der Waals surface area contributed by atoms with Gasteiger partial charge in [0.15, 0.2) is 0 Å². The zero-order chi connectivity index (χ0) is 13.8. The van der Waals surface area contributed by atoms with Crippen LogP contribution in [0.25, 0.3) is 0 Å². The van der Waals surface area contributed by atoms with E-state index in [0.717, 1.165) is 16.3 Å². The van der Waals surface area contributed by atoms with Crippen LogP contribution in [0.5, 0.6) is 0 Å². The summed E-state index contributed by atoms with van der Waals surface area (Å²) in [6.07, 6.45) is 2.72. The third kappa shape index (κ3) is 3.39. The van der Waals surface area contributed by atoms with E-state index in [9.17, 15) is 9.18 Å². The van der Waals surface area contributed by atoms with Gasteiger partial charge in [0.2, 0.25) is 0 Å². The van der Waals surface area contributed by atoms with Gasteiger partial charge in [-0.15, -0.1) is 11.3 Å². The molecular weight excluding hydrogens is 331 g/mol. The maximum atomic E-state index is 13.6. The van der Waals surface area contributed by atoms with E-state index in [-0.39, 0.29) is 5.56 Å². The molecule has 1 aromatic heterocycles. The monoisotopic (exact) mass is 342 g/mol. The van der Waals surface area contributed by atoms with Crippen LogP contribution in [0.1, 0.15) is 27.2 Å². The maximum Gasteiger partial charge on any atom is 0.255 e. The summed E-state index contributed by atoms with van der Waals surface area (Å²) in [5.41, 5.74) is 0.0229. The molecule has 2 aromatic rings. The van der Waals surface area contributed by atoms with Gasteiger partial charge in [-0.05, 0) is 34.5 Å². The van der Waals surface area contributed by atoms with Gasteiger partial charge in [-0.2, -0.15) is 0 Å². The number of halogens is 2. The smallest absolute Gasteiger partial charge is 0.255 e. The molecule has 0 aliphatic heterocycles. The van der Waals surface area contributed by atoms with Crippen LogP contribution in [-0.4, -0.2) is 10.9 Å². The Balaban J connectivity index is 2.05. The molecule has 1 heterocycles. The Morgan fingerprint density at radius 2 is 2.32 bits per heavy atom. The van der Waals surface area contributed by atoms with Crippen LogP contribution in [0.2, 0.25) is 0 Å². The Morgan fingerprint density at radius 3 is 2.95 bits per heavy atom. The summed E-state index contributed by atoms with van der Waals surface area (Å²) in [5.74, 6) is -0.988. The standard InChI is InChI=1S/C13H12BrFN2OS/c1-2-8-6-16-11(19-8)7-17-13(18)12-9(14)4-3-5-10(12)15/h3-6H,2,7H2,1H3,(H,17,18). The Labute approximate surface area is 123 Å². The summed E-state index contributed by atoms with van der Waals surface area (Å²) in [4.78, 5) is 17.3. The van der Waals surface area contributed by atoms with E-state index in [4.69, 9.17) is 0 Å². The van der Waals surface area contributed by atoms with Gasteiger partial charge < -0.3 is 5.32 Å². The molecule has 0 radical (unpaired) electrons. The summed E-state index contributed by atoms with van der Waals surface area (Å²) < 4.78 is 14.0. The largest absolute Gasteiger partial charge is 0.345 e. The van der Waals surface area contributed by atoms with Crippen molar-refractivity contribution in [3.05, 3.63) is 50.1 Å². The van der Waals surface area contributed by atoms with Crippen LogP contribution in [-0.2, 0) is 13.0 Å². The first kappa shape index (κ1) is 14.1. The van der Waals surface area contributed by atoms with Crippen molar-refractivity contribution in [2.75, 3.05) is 0 Å². The molecule has 100 valence electrons. The summed E-state index contributed by atoms with van der Waals surface area (Å²) in [7, 11) is 0. The molecular formula is C13H12BrFN2OS. The summed E-state index contributed by atoms with van der Waals surface area (Å²) in [5, 5.41) is 3.49. The van der Waals surface area contributed by atoms with Crippen molar-refractivity contribution >= 4 is 33.2 Å². The highest BCUT2D eigenvalue weighted by molar-refractivity contribution is 9.10. The predicted molar refractivity (Wildman–Crippen MR) is 76.8 cm³/mol. The van der Waals surface area contributed by atoms with Crippen LogP contribution in [0.4, 0.5) is 4.39 Å². The molecule has 0 atom stereocenters. The van der Waals surface area contributed by atoms with Gasteiger partial charge in [0.25, 0.3) is 5.91 Å². The lowest BCUT2D eigenvalue weighted by Crippen LogP contribution is -2.24. The van der Waals surface area contributed by atoms with Crippen molar-refractivity contribution in [2.24, 2.45) is 0 Å². The molecule has 0 saturated heterocycles. The number of carbonyl (C=O) groups is 1. The number of carbonyl (C=O) groups excluding carboxylic acids is 1. The molecule has 2 rings (SSSR count). The number of nitrogens with one attached hydrogen (secondary N) is 1. The third-order valence-corrected chi connectivity index (χ3v) is 4.34. The number of rotatable bonds is 4. The van der Waals surface area contributed by atoms with Crippen molar-refractivity contribution in [1.82, 2.24) is 10.3 Å². The molecule has 0 saturated carbocycles. The average Bonchev–Trinajstić information content (AvgIpc) is 2.84. The second-order valence-electron chi connectivity index (χ2n) is 3.85. The highest BCUT2D eigenvalue weighted by Gasteiger charge is 2.15. The average molecular weight is 343 g/mol. The summed E-state index contributed by atoms with van der Waals surface area (Å²) >= 11 is 4.72. The minimum atomic E-state index is -0.541. The Morgan fingerprint density at radius 1 is 1.53 bits per heavy atom. The molecule has 1 N–H and O–H groups in total. The number of thiazole rings is 1. The normalized spacial score (nSPS) is 10.5. The van der Waals surface area contributed by atoms with Gasteiger partial charge in [0.1, 0.15) is 10.8 Å². The first-order valence-electron chi connectivity index (χ1n) is 5.77. The van der Waals surface area contributed by atoms with E-state index in [1.165, 1.54) is 6.07 Å². The Bertz CT molecular complexity index is 580. The summed E-state index contributed by atoms with van der Waals surface area (Å²) in [6.45, 7) is 2.36. The highest BCUT2D eigenvalue weighted by Crippen LogP contribution is 2.20. The van der Waals surface area contributed by atoms with Gasteiger partial charge >= 0.3 is 0 Å². The van der Waals surface area contributed by atoms with E-state index < -0.39 is 11.7 Å². The molecule has 0 aliphatic carbocycles. The van der Waals surface area contributed by atoms with Crippen LogP contribution in [0.15, 0.2) is 28.9 Å². The van der Waals surface area contributed by atoms with E-state index >= 15 is 0 Å². The third-order valence-electron chi connectivity index (χ3n) is 2.54. The second-order valence-corrected chi connectivity index (χ2v) is 5.91. The molecule has 1 amide bonds. The van der Waals surface area contributed by atoms with Crippen molar-refractivity contribution in [2.45, 2.75) is 19.9 Å². The van der Waals surface area contributed by atoms with Gasteiger partial charge in [-0.3, -0.25) is 4.79 Å². The molecule has 6 heteroatoms. The SMILES string of the molecule is CCc1cnc(CNC(=O)c2c(F)cccc2Br)s1. The fourth-order valence-corrected chi connectivity index (χ4v) is 2.88. The molecule has 0 unspecified atom stereocenters. The molecule has 3 nitrogen and oxygen atoms in total. The molecule has 0 fully saturated rings. The van der Waals surface area contributed by atoms with Gasteiger partial charge in [0, 0.05) is 15.5 Å². The fraction of sp³-hybridized carbons (Fsp3) is 0.231. The first-order chi connectivity index (χ1) is 9.11. The second kappa shape index (κ2) is 6.25. The lowest BCUT2D eigenvalue weighted by atomic mass is 10.2. The van der Waals surface area contributed by atoms with Gasteiger partial charge in [0.05, 0.1) is 12.1 Å². The van der Waals surface area contributed by atoms with Crippen LogP contribution in [0, 0.1) is 5.82 Å². The zero-order valence-corrected chi connectivity index (χ0v) is 12.6. The van der Waals surface area contributed by atoms with E-state index in [0.29, 0.717) is 11.0 Å². The van der Waals surface area contributed by atoms with Crippen molar-refractivity contribution in [1.29, 1.82) is 0 Å². The quantitative estimate of drug-likeness (QED) is 0.923. The van der Waals surface area contributed by atoms with E-state index in [1.54, 1.807) is 29.7 Å². The van der Waals surface area contributed by atoms with Crippen molar-refractivity contribution < 1.29 is 9.18 Å². The fourth-order valence-electron chi connectivity index (χ4n) is 1.55. The van der Waals surface area contributed by atoms with Crippen molar-refractivity contribution in [3.8, 4) is 0 Å². The number of amides is 1. The number of aromatic nitrogens is 1. The summed E-state index contributed by atoms with van der Waals surface area (Å²) in [6, 6.07) is 4.44. The molecule has 19 heavy (non-hydrogen) atoms. The number of hydrogen-bond acceptors (Lipinski definition) is 3. The Kier molecular flexibility index (Phi) is 4.66. The van der Waals surface area contributed by atoms with Crippen LogP contribution < -0.4 is 5.32 Å². The zero-order valence-electron chi connectivity index (χ0n) is 10.2. The van der Waals surface area contributed by atoms with Gasteiger partial charge in [-0.1, -0.05) is 13.0 Å². The lowest BCUT2D eigenvalue weighted by molar-refractivity contribution is 0.0946. The van der Waals surface area contributed by atoms with Crippen LogP contribution >= 0.6 is 27.3 Å². The first-order valence-corrected chi connectivity index (χ1v) is 7.38. The predicted octanol–water partition coefficient (Wildman–Crippen LogP) is 3.54. The van der Waals surface area contributed by atoms with Crippen LogP contribution in [0.3, 0.4) is 0 Å². The molecule has 1 aromatic carbocycles. The molecule has 0 aliphatic rings. The topological polar surface area (TPSA) is 42.0 Å². The molecule has 0 spiro atoms.